The van der Waals surface area contributed by atoms with Crippen LogP contribution in [0.25, 0.3) is 0 Å². The number of aryl methyl sites for hydroxylation is 1. The number of nitrogens with one attached hydrogen (secondary N) is 1. The molecule has 3 rings (SSSR count). The van der Waals surface area contributed by atoms with Gasteiger partial charge in [-0.3, -0.25) is 4.79 Å². The van der Waals surface area contributed by atoms with Gasteiger partial charge in [-0.05, 0) is 24.5 Å². The Labute approximate surface area is 122 Å². The molecule has 0 bridgehead atoms. The van der Waals surface area contributed by atoms with Gasteiger partial charge < -0.3 is 10.2 Å². The van der Waals surface area contributed by atoms with Crippen molar-refractivity contribution in [1.82, 2.24) is 4.98 Å². The first-order valence-corrected chi connectivity index (χ1v) is 7.73. The van der Waals surface area contributed by atoms with Gasteiger partial charge in [-0.1, -0.05) is 18.2 Å². The highest BCUT2D eigenvalue weighted by Crippen LogP contribution is 2.26. The van der Waals surface area contributed by atoms with Gasteiger partial charge in [0.25, 0.3) is 0 Å². The Morgan fingerprint density at radius 2 is 2.30 bits per heavy atom. The van der Waals surface area contributed by atoms with Crippen molar-refractivity contribution in [3.63, 3.8) is 0 Å². The van der Waals surface area contributed by atoms with Crippen molar-refractivity contribution >= 4 is 28.1 Å². The first-order chi connectivity index (χ1) is 9.83. The lowest BCUT2D eigenvalue weighted by molar-refractivity contribution is -0.116. The second-order valence-electron chi connectivity index (χ2n) is 4.85. The molecule has 104 valence electrons. The Morgan fingerprint density at radius 3 is 3.15 bits per heavy atom. The van der Waals surface area contributed by atoms with Crippen LogP contribution >= 0.6 is 11.3 Å². The number of amides is 1. The molecule has 0 saturated heterocycles. The van der Waals surface area contributed by atoms with Gasteiger partial charge in [-0.25, -0.2) is 4.98 Å². The van der Waals surface area contributed by atoms with Crippen molar-refractivity contribution in [2.75, 3.05) is 23.3 Å². The molecule has 1 aromatic heterocycles. The van der Waals surface area contributed by atoms with Crippen molar-refractivity contribution in [1.29, 1.82) is 0 Å². The van der Waals surface area contributed by atoms with Crippen molar-refractivity contribution in [2.24, 2.45) is 0 Å². The molecule has 1 N–H and O–H groups in total. The van der Waals surface area contributed by atoms with Gasteiger partial charge in [0.15, 0.2) is 5.13 Å². The average molecular weight is 287 g/mol. The second kappa shape index (κ2) is 6.05. The van der Waals surface area contributed by atoms with Crippen LogP contribution < -0.4 is 10.2 Å². The molecule has 20 heavy (non-hydrogen) atoms. The van der Waals surface area contributed by atoms with E-state index in [1.54, 1.807) is 6.20 Å². The molecule has 0 atom stereocenters. The van der Waals surface area contributed by atoms with Gasteiger partial charge in [-0.15, -0.1) is 11.3 Å². The summed E-state index contributed by atoms with van der Waals surface area (Å²) in [4.78, 5) is 18.3. The van der Waals surface area contributed by atoms with Crippen LogP contribution in [0.3, 0.4) is 0 Å². The van der Waals surface area contributed by atoms with E-state index in [2.05, 4.69) is 39.5 Å². The largest absolute Gasteiger partial charge is 0.371 e. The molecule has 0 fully saturated rings. The van der Waals surface area contributed by atoms with Crippen molar-refractivity contribution < 1.29 is 4.79 Å². The minimum Gasteiger partial charge on any atom is -0.371 e. The Balaban J connectivity index is 1.58. The summed E-state index contributed by atoms with van der Waals surface area (Å²) in [5.41, 5.74) is 2.67. The zero-order chi connectivity index (χ0) is 13.8. The lowest BCUT2D eigenvalue weighted by Crippen LogP contribution is -2.32. The van der Waals surface area contributed by atoms with E-state index in [1.807, 2.05) is 5.38 Å². The fourth-order valence-corrected chi connectivity index (χ4v) is 3.09. The molecule has 4 nitrogen and oxygen atoms in total. The number of hydrogen-bond acceptors (Lipinski definition) is 4. The number of carbonyl (C=O) groups excluding carboxylic acids is 1. The molecule has 1 aliphatic heterocycles. The molecule has 2 heterocycles. The number of carbonyl (C=O) groups is 1. The molecule has 0 spiro atoms. The van der Waals surface area contributed by atoms with Crippen LogP contribution in [0.15, 0.2) is 35.8 Å². The fourth-order valence-electron chi connectivity index (χ4n) is 2.55. The molecule has 0 saturated carbocycles. The summed E-state index contributed by atoms with van der Waals surface area (Å²) in [6.45, 7) is 1.79. The number of hydrogen-bond donors (Lipinski definition) is 1. The smallest absolute Gasteiger partial charge is 0.227 e. The van der Waals surface area contributed by atoms with E-state index in [0.717, 1.165) is 25.9 Å². The van der Waals surface area contributed by atoms with Crippen LogP contribution in [0.1, 0.15) is 18.4 Å². The maximum Gasteiger partial charge on any atom is 0.227 e. The van der Waals surface area contributed by atoms with Gasteiger partial charge in [0, 0.05) is 36.8 Å². The minimum atomic E-state index is 0.0306. The topological polar surface area (TPSA) is 45.2 Å². The predicted molar refractivity (Wildman–Crippen MR) is 82.3 cm³/mol. The molecule has 5 heteroatoms. The number of thiazole rings is 1. The van der Waals surface area contributed by atoms with Crippen LogP contribution in [0.2, 0.25) is 0 Å². The third kappa shape index (κ3) is 2.99. The maximum atomic E-state index is 11.9. The van der Waals surface area contributed by atoms with E-state index >= 15 is 0 Å². The molecule has 2 aromatic rings. The molecule has 0 unspecified atom stereocenters. The van der Waals surface area contributed by atoms with Gasteiger partial charge in [0.1, 0.15) is 0 Å². The molecule has 1 aromatic carbocycles. The van der Waals surface area contributed by atoms with E-state index in [9.17, 15) is 4.79 Å². The van der Waals surface area contributed by atoms with Crippen molar-refractivity contribution in [2.45, 2.75) is 19.3 Å². The van der Waals surface area contributed by atoms with Crippen LogP contribution in [0.5, 0.6) is 0 Å². The number of benzene rings is 1. The minimum absolute atomic E-state index is 0.0306. The Kier molecular flexibility index (Phi) is 3.97. The predicted octanol–water partition coefficient (Wildman–Crippen LogP) is 2.92. The summed E-state index contributed by atoms with van der Waals surface area (Å²) in [5.74, 6) is 0.0306. The summed E-state index contributed by atoms with van der Waals surface area (Å²) >= 11 is 1.44. The Hall–Kier alpha value is -1.88. The quantitative estimate of drug-likeness (QED) is 0.940. The molecule has 0 aliphatic carbocycles. The lowest BCUT2D eigenvalue weighted by Gasteiger charge is -2.31. The van der Waals surface area contributed by atoms with Gasteiger partial charge in [0.2, 0.25) is 5.91 Å². The highest BCUT2D eigenvalue weighted by Gasteiger charge is 2.16. The average Bonchev–Trinajstić information content (AvgIpc) is 2.98. The SMILES string of the molecule is O=C(CCN1CCCc2ccccc21)Nc1nccs1. The fraction of sp³-hybridized carbons (Fsp3) is 0.333. The summed E-state index contributed by atoms with van der Waals surface area (Å²) < 4.78 is 0. The Morgan fingerprint density at radius 1 is 1.40 bits per heavy atom. The molecule has 1 amide bonds. The van der Waals surface area contributed by atoms with Crippen LogP contribution in [0, 0.1) is 0 Å². The van der Waals surface area contributed by atoms with Crippen LogP contribution in [-0.2, 0) is 11.2 Å². The highest BCUT2D eigenvalue weighted by atomic mass is 32.1. The molecular weight excluding hydrogens is 270 g/mol. The number of para-hydroxylation sites is 1. The van der Waals surface area contributed by atoms with Gasteiger partial charge in [0.05, 0.1) is 0 Å². The lowest BCUT2D eigenvalue weighted by atomic mass is 10.0. The third-order valence-electron chi connectivity index (χ3n) is 3.49. The maximum absolute atomic E-state index is 11.9. The normalized spacial score (nSPS) is 13.9. The number of nitrogens with zero attached hydrogens (tertiary/aromatic N) is 2. The summed E-state index contributed by atoms with van der Waals surface area (Å²) in [6, 6.07) is 8.47. The number of aromatic nitrogens is 1. The number of anilines is 2. The third-order valence-corrected chi connectivity index (χ3v) is 4.18. The number of fused-ring (bicyclic) bond motifs is 1. The van der Waals surface area contributed by atoms with Gasteiger partial charge >= 0.3 is 0 Å². The second-order valence-corrected chi connectivity index (χ2v) is 5.75. The standard InChI is InChI=1S/C15H17N3OS/c19-14(17-15-16-8-11-20-15)7-10-18-9-3-5-12-4-1-2-6-13(12)18/h1-2,4,6,8,11H,3,5,7,9-10H2,(H,16,17,19). The summed E-state index contributed by atoms with van der Waals surface area (Å²) in [6.07, 6.45) is 4.48. The Bertz CT molecular complexity index is 583. The summed E-state index contributed by atoms with van der Waals surface area (Å²) in [7, 11) is 0. The number of rotatable bonds is 4. The van der Waals surface area contributed by atoms with Crippen LogP contribution in [0.4, 0.5) is 10.8 Å². The molecule has 1 aliphatic rings. The first-order valence-electron chi connectivity index (χ1n) is 6.85. The zero-order valence-electron chi connectivity index (χ0n) is 11.2. The molecular formula is C15H17N3OS. The van der Waals surface area contributed by atoms with Crippen molar-refractivity contribution in [3.05, 3.63) is 41.4 Å². The first kappa shape index (κ1) is 13.1. The zero-order valence-corrected chi connectivity index (χ0v) is 12.0. The monoisotopic (exact) mass is 287 g/mol. The van der Waals surface area contributed by atoms with Crippen molar-refractivity contribution in [3.8, 4) is 0 Å². The summed E-state index contributed by atoms with van der Waals surface area (Å²) in [5, 5.41) is 5.36. The highest BCUT2D eigenvalue weighted by molar-refractivity contribution is 7.13. The van der Waals surface area contributed by atoms with E-state index < -0.39 is 0 Å². The van der Waals surface area contributed by atoms with E-state index in [-0.39, 0.29) is 5.91 Å². The van der Waals surface area contributed by atoms with E-state index in [4.69, 9.17) is 0 Å². The molecule has 0 radical (unpaired) electrons. The van der Waals surface area contributed by atoms with Crippen LogP contribution in [-0.4, -0.2) is 24.0 Å². The van der Waals surface area contributed by atoms with E-state index in [1.165, 1.54) is 22.6 Å². The van der Waals surface area contributed by atoms with Gasteiger partial charge in [-0.2, -0.15) is 0 Å². The van der Waals surface area contributed by atoms with E-state index in [0.29, 0.717) is 11.6 Å².